The van der Waals surface area contributed by atoms with Gasteiger partial charge in [0.25, 0.3) is 0 Å². The van der Waals surface area contributed by atoms with Crippen molar-refractivity contribution in [1.29, 1.82) is 0 Å². The van der Waals surface area contributed by atoms with Gasteiger partial charge in [-0.15, -0.1) is 0 Å². The van der Waals surface area contributed by atoms with E-state index in [1.807, 2.05) is 0 Å². The second-order valence-corrected chi connectivity index (χ2v) is 4.23. The fraction of sp³-hybridized carbons (Fsp3) is 1.00. The molecule has 0 aromatic carbocycles. The quantitative estimate of drug-likeness (QED) is 0.632. The van der Waals surface area contributed by atoms with Crippen molar-refractivity contribution in [3.8, 4) is 0 Å². The molecule has 1 unspecified atom stereocenters. The molecule has 2 rings (SSSR count). The molecule has 0 aromatic rings. The SMILES string of the molecule is CCC1CCN(CC2COC2)C1. The van der Waals surface area contributed by atoms with Gasteiger partial charge in [0.15, 0.2) is 0 Å². The van der Waals surface area contributed by atoms with Crippen LogP contribution in [0.5, 0.6) is 0 Å². The Morgan fingerprint density at radius 3 is 2.67 bits per heavy atom. The molecule has 0 bridgehead atoms. The second-order valence-electron chi connectivity index (χ2n) is 4.23. The van der Waals surface area contributed by atoms with Crippen LogP contribution in [-0.4, -0.2) is 37.7 Å². The first-order valence-electron chi connectivity index (χ1n) is 5.18. The predicted molar refractivity (Wildman–Crippen MR) is 49.1 cm³/mol. The lowest BCUT2D eigenvalue weighted by Gasteiger charge is -2.30. The summed E-state index contributed by atoms with van der Waals surface area (Å²) in [6.45, 7) is 8.28. The van der Waals surface area contributed by atoms with Crippen LogP contribution in [0.1, 0.15) is 19.8 Å². The van der Waals surface area contributed by atoms with Crippen molar-refractivity contribution in [1.82, 2.24) is 4.90 Å². The zero-order valence-electron chi connectivity index (χ0n) is 7.96. The lowest BCUT2D eigenvalue weighted by molar-refractivity contribution is -0.0443. The second kappa shape index (κ2) is 3.75. The molecule has 0 N–H and O–H groups in total. The molecule has 70 valence electrons. The van der Waals surface area contributed by atoms with Crippen molar-refractivity contribution in [3.63, 3.8) is 0 Å². The number of hydrogen-bond acceptors (Lipinski definition) is 2. The Morgan fingerprint density at radius 2 is 2.17 bits per heavy atom. The molecule has 2 heterocycles. The summed E-state index contributed by atoms with van der Waals surface area (Å²) >= 11 is 0. The standard InChI is InChI=1S/C10H19NO/c1-2-9-3-4-11(5-9)6-10-7-12-8-10/h9-10H,2-8H2,1H3. The van der Waals surface area contributed by atoms with Crippen LogP contribution in [0.25, 0.3) is 0 Å². The normalized spacial score (nSPS) is 32.2. The highest BCUT2D eigenvalue weighted by Crippen LogP contribution is 2.21. The molecule has 2 nitrogen and oxygen atoms in total. The molecule has 0 aromatic heterocycles. The fourth-order valence-corrected chi connectivity index (χ4v) is 2.17. The van der Waals surface area contributed by atoms with Gasteiger partial charge in [0, 0.05) is 19.0 Å². The van der Waals surface area contributed by atoms with Crippen LogP contribution in [0.15, 0.2) is 0 Å². The average Bonchev–Trinajstić information content (AvgIpc) is 2.44. The number of hydrogen-bond donors (Lipinski definition) is 0. The van der Waals surface area contributed by atoms with Crippen LogP contribution in [0.2, 0.25) is 0 Å². The Labute approximate surface area is 74.9 Å². The Kier molecular flexibility index (Phi) is 2.66. The number of ether oxygens (including phenoxy) is 1. The molecule has 0 spiro atoms. The first-order valence-corrected chi connectivity index (χ1v) is 5.18. The number of likely N-dealkylation sites (tertiary alicyclic amines) is 1. The van der Waals surface area contributed by atoms with Gasteiger partial charge in [-0.05, 0) is 18.9 Å². The maximum absolute atomic E-state index is 5.17. The van der Waals surface area contributed by atoms with Crippen molar-refractivity contribution in [2.75, 3.05) is 32.8 Å². The fourth-order valence-electron chi connectivity index (χ4n) is 2.17. The Morgan fingerprint density at radius 1 is 1.33 bits per heavy atom. The van der Waals surface area contributed by atoms with E-state index in [1.54, 1.807) is 0 Å². The van der Waals surface area contributed by atoms with E-state index in [0.29, 0.717) is 0 Å². The molecule has 2 fully saturated rings. The van der Waals surface area contributed by atoms with Crippen LogP contribution in [0, 0.1) is 11.8 Å². The first kappa shape index (κ1) is 8.52. The molecule has 0 amide bonds. The third kappa shape index (κ3) is 1.80. The molecule has 2 aliphatic rings. The number of rotatable bonds is 3. The van der Waals surface area contributed by atoms with E-state index < -0.39 is 0 Å². The summed E-state index contributed by atoms with van der Waals surface area (Å²) in [7, 11) is 0. The van der Waals surface area contributed by atoms with E-state index in [9.17, 15) is 0 Å². The van der Waals surface area contributed by atoms with Gasteiger partial charge < -0.3 is 9.64 Å². The smallest absolute Gasteiger partial charge is 0.0528 e. The highest BCUT2D eigenvalue weighted by Gasteiger charge is 2.26. The first-order chi connectivity index (χ1) is 5.88. The minimum atomic E-state index is 0.848. The van der Waals surface area contributed by atoms with E-state index in [2.05, 4.69) is 11.8 Å². The summed E-state index contributed by atoms with van der Waals surface area (Å²) in [5.41, 5.74) is 0. The van der Waals surface area contributed by atoms with Crippen molar-refractivity contribution in [3.05, 3.63) is 0 Å². The maximum atomic E-state index is 5.17. The minimum Gasteiger partial charge on any atom is -0.381 e. The molecule has 12 heavy (non-hydrogen) atoms. The highest BCUT2D eigenvalue weighted by molar-refractivity contribution is 4.78. The monoisotopic (exact) mass is 169 g/mol. The molecule has 0 radical (unpaired) electrons. The van der Waals surface area contributed by atoms with Gasteiger partial charge in [0.05, 0.1) is 13.2 Å². The topological polar surface area (TPSA) is 12.5 Å². The van der Waals surface area contributed by atoms with Gasteiger partial charge in [0.1, 0.15) is 0 Å². The van der Waals surface area contributed by atoms with E-state index in [0.717, 1.165) is 25.0 Å². The molecule has 2 aliphatic heterocycles. The summed E-state index contributed by atoms with van der Waals surface area (Å²) in [4.78, 5) is 2.61. The lowest BCUT2D eigenvalue weighted by atomic mass is 10.1. The van der Waals surface area contributed by atoms with Gasteiger partial charge in [0.2, 0.25) is 0 Å². The molecular formula is C10H19NO. The largest absolute Gasteiger partial charge is 0.381 e. The Balaban J connectivity index is 1.68. The van der Waals surface area contributed by atoms with E-state index in [4.69, 9.17) is 4.74 Å². The molecular weight excluding hydrogens is 150 g/mol. The summed E-state index contributed by atoms with van der Waals surface area (Å²) in [6.07, 6.45) is 2.78. The van der Waals surface area contributed by atoms with Gasteiger partial charge in [-0.1, -0.05) is 13.3 Å². The van der Waals surface area contributed by atoms with Gasteiger partial charge in [-0.2, -0.15) is 0 Å². The summed E-state index contributed by atoms with van der Waals surface area (Å²) in [5, 5.41) is 0. The summed E-state index contributed by atoms with van der Waals surface area (Å²) in [5.74, 6) is 1.83. The third-order valence-electron chi connectivity index (χ3n) is 3.17. The van der Waals surface area contributed by atoms with E-state index in [1.165, 1.54) is 32.5 Å². The maximum Gasteiger partial charge on any atom is 0.0528 e. The Bertz CT molecular complexity index is 145. The van der Waals surface area contributed by atoms with Crippen LogP contribution < -0.4 is 0 Å². The van der Waals surface area contributed by atoms with Crippen LogP contribution >= 0.6 is 0 Å². The van der Waals surface area contributed by atoms with Crippen molar-refractivity contribution in [2.24, 2.45) is 11.8 Å². The van der Waals surface area contributed by atoms with Crippen LogP contribution in [0.4, 0.5) is 0 Å². The van der Waals surface area contributed by atoms with Gasteiger partial charge in [-0.25, -0.2) is 0 Å². The van der Waals surface area contributed by atoms with Crippen molar-refractivity contribution < 1.29 is 4.74 Å². The molecule has 2 heteroatoms. The van der Waals surface area contributed by atoms with Crippen LogP contribution in [-0.2, 0) is 4.74 Å². The third-order valence-corrected chi connectivity index (χ3v) is 3.17. The van der Waals surface area contributed by atoms with E-state index in [-0.39, 0.29) is 0 Å². The molecule has 0 saturated carbocycles. The number of nitrogens with zero attached hydrogens (tertiary/aromatic N) is 1. The predicted octanol–water partition coefficient (Wildman–Crippen LogP) is 1.36. The zero-order chi connectivity index (χ0) is 8.39. The molecule has 0 aliphatic carbocycles. The summed E-state index contributed by atoms with van der Waals surface area (Å²) in [6, 6.07) is 0. The molecule has 1 atom stereocenters. The molecule has 2 saturated heterocycles. The zero-order valence-corrected chi connectivity index (χ0v) is 7.96. The summed E-state index contributed by atoms with van der Waals surface area (Å²) < 4.78 is 5.17. The average molecular weight is 169 g/mol. The highest BCUT2D eigenvalue weighted by atomic mass is 16.5. The van der Waals surface area contributed by atoms with Gasteiger partial charge >= 0.3 is 0 Å². The minimum absolute atomic E-state index is 0.848. The van der Waals surface area contributed by atoms with Crippen molar-refractivity contribution >= 4 is 0 Å². The lowest BCUT2D eigenvalue weighted by Crippen LogP contribution is -2.38. The van der Waals surface area contributed by atoms with Crippen molar-refractivity contribution in [2.45, 2.75) is 19.8 Å². The van der Waals surface area contributed by atoms with Gasteiger partial charge in [-0.3, -0.25) is 0 Å². The van der Waals surface area contributed by atoms with Crippen LogP contribution in [0.3, 0.4) is 0 Å². The Hall–Kier alpha value is -0.0800. The van der Waals surface area contributed by atoms with E-state index >= 15 is 0 Å².